The molecule has 8 nitrogen and oxygen atoms in total. The van der Waals surface area contributed by atoms with Gasteiger partial charge in [-0.1, -0.05) is 6.07 Å². The molecule has 1 saturated heterocycles. The lowest BCUT2D eigenvalue weighted by Gasteiger charge is -2.36. The van der Waals surface area contributed by atoms with E-state index >= 15 is 0 Å². The van der Waals surface area contributed by atoms with Crippen molar-refractivity contribution in [3.63, 3.8) is 0 Å². The molecule has 4 rings (SSSR count). The number of guanidine groups is 1. The first kappa shape index (κ1) is 24.6. The number of nitrogens with one attached hydrogen (secondary N) is 1. The second-order valence-electron chi connectivity index (χ2n) is 8.21. The molecular weight excluding hydrogens is 519 g/mol. The Morgan fingerprint density at radius 1 is 1.12 bits per heavy atom. The molecule has 9 heteroatoms. The summed E-state index contributed by atoms with van der Waals surface area (Å²) in [6.45, 7) is 13.2. The zero-order valence-electron chi connectivity index (χ0n) is 19.6. The fourth-order valence-electron chi connectivity index (χ4n) is 4.29. The van der Waals surface area contributed by atoms with Gasteiger partial charge >= 0.3 is 0 Å². The van der Waals surface area contributed by atoms with Crippen LogP contribution in [0, 0.1) is 13.8 Å². The Morgan fingerprint density at radius 2 is 1.88 bits per heavy atom. The molecule has 2 aromatic rings. The van der Waals surface area contributed by atoms with Crippen molar-refractivity contribution in [3.05, 3.63) is 40.7 Å². The van der Waals surface area contributed by atoms with Gasteiger partial charge in [0.15, 0.2) is 17.5 Å². The molecule has 176 valence electrons. The van der Waals surface area contributed by atoms with E-state index in [9.17, 15) is 0 Å². The zero-order chi connectivity index (χ0) is 21.8. The van der Waals surface area contributed by atoms with Crippen molar-refractivity contribution in [1.29, 1.82) is 0 Å². The van der Waals surface area contributed by atoms with Crippen LogP contribution in [0.25, 0.3) is 0 Å². The largest absolute Gasteiger partial charge is 0.454 e. The quantitative estimate of drug-likeness (QED) is 0.337. The fraction of sp³-hybridized carbons (Fsp3) is 0.565. The van der Waals surface area contributed by atoms with Crippen LogP contribution in [0.5, 0.6) is 11.5 Å². The number of hydrogen-bond acceptors (Lipinski definition) is 5. The van der Waals surface area contributed by atoms with Crippen LogP contribution >= 0.6 is 24.0 Å². The molecule has 2 aliphatic heterocycles. The minimum absolute atomic E-state index is 0. The number of piperazine rings is 1. The van der Waals surface area contributed by atoms with Crippen LogP contribution in [0.15, 0.2) is 23.2 Å². The van der Waals surface area contributed by atoms with Crippen LogP contribution in [-0.4, -0.2) is 71.6 Å². The standard InChI is InChI=1S/C23H34N6O2.HI/c1-5-24-23(25-9-8-20-17(2)26-27(4)18(20)3)29-12-10-28(11-13-29)15-19-6-7-21-22(14-19)31-16-30-21;/h6-7,14H,5,8-13,15-16H2,1-4H3,(H,24,25);1H. The van der Waals surface area contributed by atoms with Gasteiger partial charge in [0.1, 0.15) is 0 Å². The average molecular weight is 554 g/mol. The summed E-state index contributed by atoms with van der Waals surface area (Å²) in [5.74, 6) is 2.72. The molecule has 2 aliphatic rings. The summed E-state index contributed by atoms with van der Waals surface area (Å²) in [7, 11) is 2.00. The van der Waals surface area contributed by atoms with Crippen LogP contribution in [0.1, 0.15) is 29.4 Å². The molecule has 0 spiro atoms. The lowest BCUT2D eigenvalue weighted by molar-refractivity contribution is 0.171. The molecule has 1 aromatic heterocycles. The molecule has 1 N–H and O–H groups in total. The van der Waals surface area contributed by atoms with Crippen molar-refractivity contribution in [3.8, 4) is 11.5 Å². The summed E-state index contributed by atoms with van der Waals surface area (Å²) in [5.41, 5.74) is 4.92. The van der Waals surface area contributed by atoms with Crippen molar-refractivity contribution >= 4 is 29.9 Å². The first-order chi connectivity index (χ1) is 15.0. The van der Waals surface area contributed by atoms with Crippen molar-refractivity contribution in [2.75, 3.05) is 46.1 Å². The Bertz CT molecular complexity index is 937. The summed E-state index contributed by atoms with van der Waals surface area (Å²) >= 11 is 0. The lowest BCUT2D eigenvalue weighted by Crippen LogP contribution is -2.52. The molecule has 0 saturated carbocycles. The van der Waals surface area contributed by atoms with E-state index in [0.29, 0.717) is 6.79 Å². The third kappa shape index (κ3) is 5.67. The normalized spacial score (nSPS) is 16.2. The molecule has 3 heterocycles. The maximum atomic E-state index is 5.51. The molecule has 0 atom stereocenters. The zero-order valence-corrected chi connectivity index (χ0v) is 21.9. The molecule has 0 unspecified atom stereocenters. The van der Waals surface area contributed by atoms with E-state index in [0.717, 1.165) is 75.4 Å². The highest BCUT2D eigenvalue weighted by atomic mass is 127. The van der Waals surface area contributed by atoms with Crippen molar-refractivity contribution < 1.29 is 9.47 Å². The SMILES string of the molecule is CCNC(=NCCc1c(C)nn(C)c1C)N1CCN(Cc2ccc3c(c2)OCO3)CC1.I. The summed E-state index contributed by atoms with van der Waals surface area (Å²) in [4.78, 5) is 9.78. The minimum atomic E-state index is 0. The van der Waals surface area contributed by atoms with Gasteiger partial charge in [0.25, 0.3) is 0 Å². The Morgan fingerprint density at radius 3 is 2.56 bits per heavy atom. The number of aromatic nitrogens is 2. The predicted molar refractivity (Wildman–Crippen MR) is 137 cm³/mol. The highest BCUT2D eigenvalue weighted by molar-refractivity contribution is 14.0. The van der Waals surface area contributed by atoms with Crippen molar-refractivity contribution in [2.24, 2.45) is 12.0 Å². The molecule has 32 heavy (non-hydrogen) atoms. The van der Waals surface area contributed by atoms with Gasteiger partial charge in [0.2, 0.25) is 6.79 Å². The number of ether oxygens (including phenoxy) is 2. The van der Waals surface area contributed by atoms with E-state index < -0.39 is 0 Å². The Kier molecular flexibility index (Phi) is 8.64. The first-order valence-corrected chi connectivity index (χ1v) is 11.2. The maximum Gasteiger partial charge on any atom is 0.231 e. The van der Waals surface area contributed by atoms with Crippen LogP contribution in [0.2, 0.25) is 0 Å². The number of hydrogen-bond donors (Lipinski definition) is 1. The van der Waals surface area contributed by atoms with Gasteiger partial charge in [0, 0.05) is 58.6 Å². The Labute approximate surface area is 208 Å². The van der Waals surface area contributed by atoms with E-state index in [-0.39, 0.29) is 24.0 Å². The van der Waals surface area contributed by atoms with E-state index in [1.54, 1.807) is 0 Å². The molecule has 1 aromatic carbocycles. The topological polar surface area (TPSA) is 67.2 Å². The highest BCUT2D eigenvalue weighted by Gasteiger charge is 2.21. The molecular formula is C23H35IN6O2. The molecule has 0 aliphatic carbocycles. The third-order valence-corrected chi connectivity index (χ3v) is 6.13. The van der Waals surface area contributed by atoms with Gasteiger partial charge in [-0.05, 0) is 50.5 Å². The van der Waals surface area contributed by atoms with Gasteiger partial charge in [0.05, 0.1) is 5.69 Å². The number of halogens is 1. The average Bonchev–Trinajstić information content (AvgIpc) is 3.32. The van der Waals surface area contributed by atoms with E-state index in [1.165, 1.54) is 16.8 Å². The molecule has 0 amide bonds. The van der Waals surface area contributed by atoms with Gasteiger partial charge in [-0.15, -0.1) is 24.0 Å². The molecule has 1 fully saturated rings. The van der Waals surface area contributed by atoms with Crippen LogP contribution in [0.4, 0.5) is 0 Å². The minimum Gasteiger partial charge on any atom is -0.454 e. The third-order valence-electron chi connectivity index (χ3n) is 6.13. The Hall–Kier alpha value is -2.01. The van der Waals surface area contributed by atoms with Crippen molar-refractivity contribution in [1.82, 2.24) is 24.9 Å². The van der Waals surface area contributed by atoms with Crippen LogP contribution < -0.4 is 14.8 Å². The number of rotatable bonds is 6. The summed E-state index contributed by atoms with van der Waals surface area (Å²) in [5, 5.41) is 7.99. The number of benzene rings is 1. The second-order valence-corrected chi connectivity index (χ2v) is 8.21. The number of aryl methyl sites for hydroxylation is 2. The van der Waals surface area contributed by atoms with E-state index in [4.69, 9.17) is 14.5 Å². The van der Waals surface area contributed by atoms with Crippen molar-refractivity contribution in [2.45, 2.75) is 33.7 Å². The fourth-order valence-corrected chi connectivity index (χ4v) is 4.29. The maximum absolute atomic E-state index is 5.51. The van der Waals surface area contributed by atoms with Gasteiger partial charge in [-0.25, -0.2) is 0 Å². The van der Waals surface area contributed by atoms with E-state index in [2.05, 4.69) is 53.1 Å². The number of aliphatic imine (C=N–C) groups is 1. The first-order valence-electron chi connectivity index (χ1n) is 11.2. The summed E-state index contributed by atoms with van der Waals surface area (Å²) in [6, 6.07) is 6.24. The molecule has 0 radical (unpaired) electrons. The molecule has 0 bridgehead atoms. The predicted octanol–water partition coefficient (Wildman–Crippen LogP) is 2.71. The second kappa shape index (κ2) is 11.2. The summed E-state index contributed by atoms with van der Waals surface area (Å²) < 4.78 is 12.9. The van der Waals surface area contributed by atoms with Gasteiger partial charge in [-0.2, -0.15) is 5.10 Å². The lowest BCUT2D eigenvalue weighted by atomic mass is 10.1. The smallest absolute Gasteiger partial charge is 0.231 e. The highest BCUT2D eigenvalue weighted by Crippen LogP contribution is 2.32. The number of fused-ring (bicyclic) bond motifs is 1. The van der Waals surface area contributed by atoms with Crippen LogP contribution in [-0.2, 0) is 20.0 Å². The van der Waals surface area contributed by atoms with E-state index in [1.807, 2.05) is 17.8 Å². The van der Waals surface area contributed by atoms with Gasteiger partial charge < -0.3 is 19.7 Å². The van der Waals surface area contributed by atoms with Gasteiger partial charge in [-0.3, -0.25) is 14.6 Å². The van der Waals surface area contributed by atoms with Crippen LogP contribution in [0.3, 0.4) is 0 Å². The number of nitrogens with zero attached hydrogens (tertiary/aromatic N) is 5. The summed E-state index contributed by atoms with van der Waals surface area (Å²) in [6.07, 6.45) is 0.921. The Balaban J connectivity index is 0.00000289. The monoisotopic (exact) mass is 554 g/mol.